The largest absolute Gasteiger partial charge is 0.315 e. The molecule has 1 radical (unpaired) electrons. The molecule has 1 N–H and O–H groups in total. The van der Waals surface area contributed by atoms with Gasteiger partial charge in [0.15, 0.2) is 0 Å². The summed E-state index contributed by atoms with van der Waals surface area (Å²) >= 11 is 0. The molecule has 0 atom stereocenters. The number of sulfone groups is 1. The van der Waals surface area contributed by atoms with Gasteiger partial charge in [0, 0.05) is 13.3 Å². The fraction of sp³-hybridized carbons (Fsp3) is 0.800. The van der Waals surface area contributed by atoms with Crippen LogP contribution in [0.4, 0.5) is 0 Å². The number of hydrogen-bond acceptors (Lipinski definition) is 3. The Bertz CT molecular complexity index is 150. The van der Waals surface area contributed by atoms with Gasteiger partial charge in [0.2, 0.25) is 0 Å². The maximum atomic E-state index is 10.5. The Morgan fingerprint density at radius 1 is 1.56 bits per heavy atom. The van der Waals surface area contributed by atoms with Gasteiger partial charge in [0.25, 0.3) is 0 Å². The Balaban J connectivity index is 3.30. The molecule has 3 nitrogen and oxygen atoms in total. The summed E-state index contributed by atoms with van der Waals surface area (Å²) in [7, 11) is 0.596. The molecule has 0 aromatic carbocycles. The molecule has 55 valence electrons. The van der Waals surface area contributed by atoms with Crippen molar-refractivity contribution in [3.63, 3.8) is 0 Å². The average Bonchev–Trinajstić information content (AvgIpc) is 1.63. The fourth-order valence-corrected chi connectivity index (χ4v) is 1.13. The van der Waals surface area contributed by atoms with Crippen molar-refractivity contribution in [3.8, 4) is 0 Å². The standard InChI is InChI=1S/C5H12NO2S/c1-6-4-3-5-9(2,7)8/h6H,1,3-5H2,2H3. The first-order valence-electron chi connectivity index (χ1n) is 2.74. The molecular formula is C5H12NO2S. The highest BCUT2D eigenvalue weighted by Crippen LogP contribution is 1.85. The minimum absolute atomic E-state index is 0.246. The second-order valence-electron chi connectivity index (χ2n) is 1.98. The summed E-state index contributed by atoms with van der Waals surface area (Å²) in [6.07, 6.45) is 1.87. The van der Waals surface area contributed by atoms with Crippen LogP contribution in [-0.4, -0.2) is 27.0 Å². The lowest BCUT2D eigenvalue weighted by Crippen LogP contribution is -2.11. The Morgan fingerprint density at radius 3 is 2.44 bits per heavy atom. The van der Waals surface area contributed by atoms with E-state index in [0.29, 0.717) is 13.0 Å². The maximum Gasteiger partial charge on any atom is 0.147 e. The van der Waals surface area contributed by atoms with Gasteiger partial charge in [-0.05, 0) is 13.0 Å². The van der Waals surface area contributed by atoms with Crippen LogP contribution < -0.4 is 5.32 Å². The molecule has 0 unspecified atom stereocenters. The van der Waals surface area contributed by atoms with Crippen molar-refractivity contribution in [1.29, 1.82) is 0 Å². The van der Waals surface area contributed by atoms with Crippen molar-refractivity contribution in [2.24, 2.45) is 0 Å². The van der Waals surface area contributed by atoms with E-state index >= 15 is 0 Å². The SMILES string of the molecule is [CH2]NCCCS(C)(=O)=O. The smallest absolute Gasteiger partial charge is 0.147 e. The number of hydrogen-bond donors (Lipinski definition) is 1. The first kappa shape index (κ1) is 8.91. The molecule has 0 aromatic heterocycles. The van der Waals surface area contributed by atoms with E-state index in [4.69, 9.17) is 0 Å². The summed E-state index contributed by atoms with van der Waals surface area (Å²) in [5, 5.41) is 2.63. The van der Waals surface area contributed by atoms with E-state index in [9.17, 15) is 8.42 Å². The lowest BCUT2D eigenvalue weighted by Gasteiger charge is -1.95. The minimum Gasteiger partial charge on any atom is -0.315 e. The monoisotopic (exact) mass is 150 g/mol. The molecule has 0 aliphatic rings. The van der Waals surface area contributed by atoms with E-state index in [1.165, 1.54) is 6.26 Å². The zero-order valence-electron chi connectivity index (χ0n) is 5.55. The topological polar surface area (TPSA) is 46.2 Å². The lowest BCUT2D eigenvalue weighted by atomic mass is 10.5. The highest BCUT2D eigenvalue weighted by atomic mass is 32.2. The predicted molar refractivity (Wildman–Crippen MR) is 37.7 cm³/mol. The molecular weight excluding hydrogens is 138 g/mol. The summed E-state index contributed by atoms with van der Waals surface area (Å²) in [6.45, 7) is 0.660. The van der Waals surface area contributed by atoms with Gasteiger partial charge in [-0.1, -0.05) is 0 Å². The molecule has 0 amide bonds. The van der Waals surface area contributed by atoms with Crippen LogP contribution in [0.1, 0.15) is 6.42 Å². The maximum absolute atomic E-state index is 10.5. The van der Waals surface area contributed by atoms with Crippen molar-refractivity contribution in [1.82, 2.24) is 5.32 Å². The van der Waals surface area contributed by atoms with Gasteiger partial charge in [0.1, 0.15) is 9.84 Å². The van der Waals surface area contributed by atoms with Crippen molar-refractivity contribution in [3.05, 3.63) is 7.05 Å². The van der Waals surface area contributed by atoms with E-state index in [1.807, 2.05) is 0 Å². The van der Waals surface area contributed by atoms with Crippen LogP contribution in [0.3, 0.4) is 0 Å². The third-order valence-corrected chi connectivity index (χ3v) is 1.90. The first-order chi connectivity index (χ1) is 4.06. The van der Waals surface area contributed by atoms with Crippen LogP contribution in [0.5, 0.6) is 0 Å². The predicted octanol–water partition coefficient (Wildman–Crippen LogP) is -0.198. The Morgan fingerprint density at radius 2 is 2.11 bits per heavy atom. The summed E-state index contributed by atoms with van der Waals surface area (Å²) in [5.74, 6) is 0.246. The zero-order chi connectivity index (χ0) is 7.33. The first-order valence-corrected chi connectivity index (χ1v) is 4.80. The van der Waals surface area contributed by atoms with Gasteiger partial charge < -0.3 is 5.32 Å². The van der Waals surface area contributed by atoms with Crippen molar-refractivity contribution < 1.29 is 8.42 Å². The van der Waals surface area contributed by atoms with Crippen LogP contribution in [0.25, 0.3) is 0 Å². The molecule has 0 bridgehead atoms. The molecule has 0 aliphatic heterocycles. The quantitative estimate of drug-likeness (QED) is 0.565. The van der Waals surface area contributed by atoms with Gasteiger partial charge in [-0.3, -0.25) is 0 Å². The molecule has 0 rings (SSSR count). The Labute approximate surface area is 56.4 Å². The van der Waals surface area contributed by atoms with Crippen molar-refractivity contribution >= 4 is 9.84 Å². The molecule has 0 aliphatic carbocycles. The Hall–Kier alpha value is -0.0900. The zero-order valence-corrected chi connectivity index (χ0v) is 6.37. The summed E-state index contributed by atoms with van der Waals surface area (Å²) in [5.41, 5.74) is 0. The highest BCUT2D eigenvalue weighted by Gasteiger charge is 1.98. The highest BCUT2D eigenvalue weighted by molar-refractivity contribution is 7.90. The van der Waals surface area contributed by atoms with Gasteiger partial charge in [-0.25, -0.2) is 8.42 Å². The fourth-order valence-electron chi connectivity index (χ4n) is 0.459. The van der Waals surface area contributed by atoms with Crippen molar-refractivity contribution in [2.45, 2.75) is 6.42 Å². The average molecular weight is 150 g/mol. The molecule has 9 heavy (non-hydrogen) atoms. The third kappa shape index (κ3) is 7.91. The Kier molecular flexibility index (Phi) is 3.81. The lowest BCUT2D eigenvalue weighted by molar-refractivity contribution is 0.598. The minimum atomic E-state index is -2.76. The van der Waals surface area contributed by atoms with E-state index in [-0.39, 0.29) is 5.75 Å². The summed E-state index contributed by atoms with van der Waals surface area (Å²) in [6, 6.07) is 0. The third-order valence-electron chi connectivity index (χ3n) is 0.869. The molecule has 0 aromatic rings. The van der Waals surface area contributed by atoms with Gasteiger partial charge in [0.05, 0.1) is 5.75 Å². The van der Waals surface area contributed by atoms with E-state index in [0.717, 1.165) is 0 Å². The molecule has 4 heteroatoms. The number of rotatable bonds is 4. The van der Waals surface area contributed by atoms with Crippen LogP contribution >= 0.6 is 0 Å². The summed E-state index contributed by atoms with van der Waals surface area (Å²) in [4.78, 5) is 0. The molecule has 0 fully saturated rings. The van der Waals surface area contributed by atoms with Gasteiger partial charge in [-0.15, -0.1) is 0 Å². The van der Waals surface area contributed by atoms with E-state index < -0.39 is 9.84 Å². The summed E-state index contributed by atoms with van der Waals surface area (Å²) < 4.78 is 20.9. The van der Waals surface area contributed by atoms with Crippen LogP contribution in [0, 0.1) is 7.05 Å². The number of nitrogens with one attached hydrogen (secondary N) is 1. The van der Waals surface area contributed by atoms with Gasteiger partial charge >= 0.3 is 0 Å². The van der Waals surface area contributed by atoms with E-state index in [1.54, 1.807) is 0 Å². The molecule has 0 saturated carbocycles. The van der Waals surface area contributed by atoms with Crippen LogP contribution in [-0.2, 0) is 9.84 Å². The second-order valence-corrected chi connectivity index (χ2v) is 4.24. The van der Waals surface area contributed by atoms with Crippen molar-refractivity contribution in [2.75, 3.05) is 18.6 Å². The second kappa shape index (κ2) is 3.85. The normalized spacial score (nSPS) is 11.8. The van der Waals surface area contributed by atoms with E-state index in [2.05, 4.69) is 12.4 Å². The molecule has 0 saturated heterocycles. The van der Waals surface area contributed by atoms with Gasteiger partial charge in [-0.2, -0.15) is 0 Å². The molecule has 0 heterocycles. The molecule has 0 spiro atoms. The van der Waals surface area contributed by atoms with Crippen LogP contribution in [0.2, 0.25) is 0 Å². The van der Waals surface area contributed by atoms with Crippen LogP contribution in [0.15, 0.2) is 0 Å².